The molecule has 0 bridgehead atoms. The quantitative estimate of drug-likeness (QED) is 0.787. The molecule has 18 heavy (non-hydrogen) atoms. The number of nitrogens with one attached hydrogen (secondary N) is 1. The standard InChI is InChI=1S/C14H22FNO2/c1-4-12(17)9-18-14-7-6-11(15)8-13(14)10(3)16-5-2/h6-8,10,12,16-17H,4-5,9H2,1-3H3. The summed E-state index contributed by atoms with van der Waals surface area (Å²) < 4.78 is 18.8. The van der Waals surface area contributed by atoms with Crippen LogP contribution in [-0.2, 0) is 0 Å². The van der Waals surface area contributed by atoms with Gasteiger partial charge in [-0.2, -0.15) is 0 Å². The highest BCUT2D eigenvalue weighted by Crippen LogP contribution is 2.26. The van der Waals surface area contributed by atoms with Crippen molar-refractivity contribution in [1.82, 2.24) is 5.32 Å². The molecule has 0 heterocycles. The number of aliphatic hydroxyl groups is 1. The molecule has 102 valence electrons. The van der Waals surface area contributed by atoms with Gasteiger partial charge in [0.05, 0.1) is 6.10 Å². The smallest absolute Gasteiger partial charge is 0.124 e. The number of halogens is 1. The minimum atomic E-state index is -0.489. The molecule has 0 saturated heterocycles. The number of hydrogen-bond acceptors (Lipinski definition) is 3. The van der Waals surface area contributed by atoms with Crippen LogP contribution in [0.5, 0.6) is 5.75 Å². The van der Waals surface area contributed by atoms with Crippen LogP contribution in [0.15, 0.2) is 18.2 Å². The number of rotatable bonds is 7. The first-order valence-electron chi connectivity index (χ1n) is 6.42. The van der Waals surface area contributed by atoms with Crippen LogP contribution >= 0.6 is 0 Å². The third kappa shape index (κ3) is 4.27. The van der Waals surface area contributed by atoms with Crippen molar-refractivity contribution in [3.63, 3.8) is 0 Å². The van der Waals surface area contributed by atoms with Crippen LogP contribution in [0.3, 0.4) is 0 Å². The molecule has 2 N–H and O–H groups in total. The molecule has 0 aliphatic heterocycles. The minimum absolute atomic E-state index is 0.0134. The Morgan fingerprint density at radius 3 is 2.72 bits per heavy atom. The van der Waals surface area contributed by atoms with Crippen LogP contribution in [0, 0.1) is 5.82 Å². The first kappa shape index (κ1) is 14.9. The van der Waals surface area contributed by atoms with Gasteiger partial charge in [-0.15, -0.1) is 0 Å². The van der Waals surface area contributed by atoms with Crippen LogP contribution in [0.25, 0.3) is 0 Å². The fourth-order valence-electron chi connectivity index (χ4n) is 1.71. The van der Waals surface area contributed by atoms with Gasteiger partial charge in [-0.25, -0.2) is 4.39 Å². The van der Waals surface area contributed by atoms with Crippen molar-refractivity contribution < 1.29 is 14.2 Å². The summed E-state index contributed by atoms with van der Waals surface area (Å²) in [6.45, 7) is 6.88. The topological polar surface area (TPSA) is 41.5 Å². The molecule has 2 unspecified atom stereocenters. The first-order chi connectivity index (χ1) is 8.58. The van der Waals surface area contributed by atoms with E-state index in [4.69, 9.17) is 4.74 Å². The Hall–Kier alpha value is -1.13. The van der Waals surface area contributed by atoms with Crippen molar-refractivity contribution in [2.24, 2.45) is 0 Å². The number of benzene rings is 1. The van der Waals surface area contributed by atoms with Crippen LogP contribution in [0.1, 0.15) is 38.8 Å². The van der Waals surface area contributed by atoms with Crippen LogP contribution in [-0.4, -0.2) is 24.4 Å². The number of ether oxygens (including phenoxy) is 1. The maximum atomic E-state index is 13.3. The summed E-state index contributed by atoms with van der Waals surface area (Å²) in [4.78, 5) is 0. The van der Waals surface area contributed by atoms with Gasteiger partial charge in [-0.3, -0.25) is 0 Å². The third-order valence-electron chi connectivity index (χ3n) is 2.85. The molecule has 1 rings (SSSR count). The van der Waals surface area contributed by atoms with Gasteiger partial charge in [0.2, 0.25) is 0 Å². The van der Waals surface area contributed by atoms with Crippen molar-refractivity contribution in [2.75, 3.05) is 13.2 Å². The predicted octanol–water partition coefficient (Wildman–Crippen LogP) is 2.65. The zero-order valence-electron chi connectivity index (χ0n) is 11.2. The normalized spacial score (nSPS) is 14.3. The molecule has 0 fully saturated rings. The van der Waals surface area contributed by atoms with Gasteiger partial charge in [0, 0.05) is 11.6 Å². The van der Waals surface area contributed by atoms with Crippen LogP contribution < -0.4 is 10.1 Å². The highest BCUT2D eigenvalue weighted by Gasteiger charge is 2.13. The molecule has 0 aliphatic rings. The minimum Gasteiger partial charge on any atom is -0.491 e. The second-order valence-electron chi connectivity index (χ2n) is 4.33. The lowest BCUT2D eigenvalue weighted by atomic mass is 10.1. The Labute approximate surface area is 108 Å². The van der Waals surface area contributed by atoms with E-state index in [9.17, 15) is 9.50 Å². The molecule has 0 aromatic heterocycles. The van der Waals surface area contributed by atoms with Gasteiger partial charge in [0.25, 0.3) is 0 Å². The van der Waals surface area contributed by atoms with E-state index in [1.165, 1.54) is 12.1 Å². The van der Waals surface area contributed by atoms with Gasteiger partial charge < -0.3 is 15.2 Å². The van der Waals surface area contributed by atoms with Gasteiger partial charge >= 0.3 is 0 Å². The molecule has 2 atom stereocenters. The third-order valence-corrected chi connectivity index (χ3v) is 2.85. The van der Waals surface area contributed by atoms with E-state index < -0.39 is 6.10 Å². The Morgan fingerprint density at radius 1 is 1.39 bits per heavy atom. The molecule has 1 aromatic carbocycles. The molecule has 0 spiro atoms. The molecule has 4 heteroatoms. The average molecular weight is 255 g/mol. The van der Waals surface area contributed by atoms with E-state index in [1.54, 1.807) is 6.07 Å². The van der Waals surface area contributed by atoms with Gasteiger partial charge in [0.1, 0.15) is 18.2 Å². The Balaban J connectivity index is 2.82. The molecule has 3 nitrogen and oxygen atoms in total. The summed E-state index contributed by atoms with van der Waals surface area (Å²) in [5.41, 5.74) is 0.778. The highest BCUT2D eigenvalue weighted by molar-refractivity contribution is 5.36. The monoisotopic (exact) mass is 255 g/mol. The van der Waals surface area contributed by atoms with E-state index in [0.29, 0.717) is 12.2 Å². The second-order valence-corrected chi connectivity index (χ2v) is 4.33. The lowest BCUT2D eigenvalue weighted by molar-refractivity contribution is 0.103. The lowest BCUT2D eigenvalue weighted by Gasteiger charge is -2.19. The molecule has 0 amide bonds. The summed E-state index contributed by atoms with van der Waals surface area (Å²) in [5, 5.41) is 12.7. The van der Waals surface area contributed by atoms with E-state index in [1.807, 2.05) is 20.8 Å². The second kappa shape index (κ2) is 7.34. The summed E-state index contributed by atoms with van der Waals surface area (Å²) in [6.07, 6.45) is 0.150. The van der Waals surface area contributed by atoms with E-state index in [0.717, 1.165) is 12.1 Å². The summed E-state index contributed by atoms with van der Waals surface area (Å²) in [5.74, 6) is 0.343. The summed E-state index contributed by atoms with van der Waals surface area (Å²) in [6, 6.07) is 4.47. The first-order valence-corrected chi connectivity index (χ1v) is 6.42. The maximum absolute atomic E-state index is 13.3. The Kier molecular flexibility index (Phi) is 6.09. The lowest BCUT2D eigenvalue weighted by Crippen LogP contribution is -2.21. The van der Waals surface area contributed by atoms with Gasteiger partial charge in [0.15, 0.2) is 0 Å². The van der Waals surface area contributed by atoms with Gasteiger partial charge in [-0.05, 0) is 38.1 Å². The zero-order chi connectivity index (χ0) is 13.5. The Bertz CT molecular complexity index is 371. The molecule has 1 aromatic rings. The van der Waals surface area contributed by atoms with E-state index >= 15 is 0 Å². The van der Waals surface area contributed by atoms with Crippen molar-refractivity contribution >= 4 is 0 Å². The molecular weight excluding hydrogens is 233 g/mol. The summed E-state index contributed by atoms with van der Waals surface area (Å²) >= 11 is 0. The predicted molar refractivity (Wildman–Crippen MR) is 70.3 cm³/mol. The molecular formula is C14H22FNO2. The number of aliphatic hydroxyl groups excluding tert-OH is 1. The van der Waals surface area contributed by atoms with Crippen LogP contribution in [0.4, 0.5) is 4.39 Å². The Morgan fingerprint density at radius 2 is 2.11 bits per heavy atom. The fraction of sp³-hybridized carbons (Fsp3) is 0.571. The summed E-state index contributed by atoms with van der Waals surface area (Å²) in [7, 11) is 0. The van der Waals surface area contributed by atoms with Crippen molar-refractivity contribution in [3.05, 3.63) is 29.6 Å². The fourth-order valence-corrected chi connectivity index (χ4v) is 1.71. The van der Waals surface area contributed by atoms with Gasteiger partial charge in [-0.1, -0.05) is 13.8 Å². The van der Waals surface area contributed by atoms with E-state index in [2.05, 4.69) is 5.32 Å². The average Bonchev–Trinajstić information content (AvgIpc) is 2.37. The molecule has 0 radical (unpaired) electrons. The number of hydrogen-bond donors (Lipinski definition) is 2. The SMILES string of the molecule is CCNC(C)c1cc(F)ccc1OCC(O)CC. The van der Waals surface area contributed by atoms with Crippen molar-refractivity contribution in [3.8, 4) is 5.75 Å². The van der Waals surface area contributed by atoms with Crippen molar-refractivity contribution in [1.29, 1.82) is 0 Å². The zero-order valence-corrected chi connectivity index (χ0v) is 11.2. The largest absolute Gasteiger partial charge is 0.491 e. The van der Waals surface area contributed by atoms with Crippen molar-refractivity contribution in [2.45, 2.75) is 39.3 Å². The van der Waals surface area contributed by atoms with Crippen LogP contribution in [0.2, 0.25) is 0 Å². The molecule has 0 aliphatic carbocycles. The molecule has 0 saturated carbocycles. The highest BCUT2D eigenvalue weighted by atomic mass is 19.1. The van der Waals surface area contributed by atoms with E-state index in [-0.39, 0.29) is 18.5 Å². The maximum Gasteiger partial charge on any atom is 0.124 e.